The molecule has 3 heteroatoms. The molecule has 4 bridgehead atoms. The third-order valence-electron chi connectivity index (χ3n) is 7.15. The third-order valence-corrected chi connectivity index (χ3v) is 7.15. The van der Waals surface area contributed by atoms with Crippen LogP contribution in [0.15, 0.2) is 0 Å². The van der Waals surface area contributed by atoms with E-state index in [1.165, 1.54) is 83.5 Å². The second-order valence-corrected chi connectivity index (χ2v) is 9.56. The van der Waals surface area contributed by atoms with Crippen molar-refractivity contribution in [3.63, 3.8) is 0 Å². The first-order valence-corrected chi connectivity index (χ1v) is 11.2. The lowest BCUT2D eigenvalue weighted by atomic mass is 9.49. The van der Waals surface area contributed by atoms with Gasteiger partial charge in [0.25, 0.3) is 0 Å². The lowest BCUT2D eigenvalue weighted by Crippen LogP contribution is -2.48. The molecule has 3 nitrogen and oxygen atoms in total. The van der Waals surface area contributed by atoms with Gasteiger partial charge in [-0.05, 0) is 81.1 Å². The molecule has 144 valence electrons. The molecular formula is C22H40N2O. The number of unbranched alkanes of at least 4 members (excludes halogenated alkanes) is 7. The minimum absolute atomic E-state index is 0.337. The first-order valence-electron chi connectivity index (χ1n) is 11.2. The molecule has 4 fully saturated rings. The van der Waals surface area contributed by atoms with Crippen LogP contribution in [-0.2, 0) is 4.79 Å². The fraction of sp³-hybridized carbons (Fsp3) is 0.955. The van der Waals surface area contributed by atoms with Gasteiger partial charge >= 0.3 is 0 Å². The number of nitrogens with two attached hydrogens (primary N) is 1. The first-order chi connectivity index (χ1) is 12.2. The average molecular weight is 349 g/mol. The topological polar surface area (TPSA) is 55.1 Å². The molecule has 1 amide bonds. The number of nitrogens with one attached hydrogen (secondary N) is 1. The molecule has 0 atom stereocenters. The monoisotopic (exact) mass is 348 g/mol. The van der Waals surface area contributed by atoms with Crippen molar-refractivity contribution in [3.05, 3.63) is 0 Å². The van der Waals surface area contributed by atoms with Crippen molar-refractivity contribution in [2.45, 2.75) is 96.3 Å². The summed E-state index contributed by atoms with van der Waals surface area (Å²) in [7, 11) is 0. The second-order valence-electron chi connectivity index (χ2n) is 9.56. The highest BCUT2D eigenvalue weighted by Gasteiger charge is 2.51. The SMILES string of the molecule is NCCCCCCCCCCNC(=O)CC12CC3CC(CC(C3)C1)C2. The van der Waals surface area contributed by atoms with E-state index < -0.39 is 0 Å². The van der Waals surface area contributed by atoms with Crippen LogP contribution in [-0.4, -0.2) is 19.0 Å². The maximum absolute atomic E-state index is 12.4. The van der Waals surface area contributed by atoms with Crippen LogP contribution in [0.25, 0.3) is 0 Å². The quantitative estimate of drug-likeness (QED) is 0.498. The smallest absolute Gasteiger partial charge is 0.220 e. The summed E-state index contributed by atoms with van der Waals surface area (Å²) in [6.45, 7) is 1.72. The van der Waals surface area contributed by atoms with E-state index in [0.717, 1.165) is 43.7 Å². The van der Waals surface area contributed by atoms with Crippen molar-refractivity contribution in [2.75, 3.05) is 13.1 Å². The van der Waals surface area contributed by atoms with Crippen molar-refractivity contribution < 1.29 is 4.79 Å². The maximum atomic E-state index is 12.4. The predicted octanol–water partition coefficient (Wildman–Crippen LogP) is 4.79. The van der Waals surface area contributed by atoms with Crippen LogP contribution in [0.3, 0.4) is 0 Å². The largest absolute Gasteiger partial charge is 0.356 e. The van der Waals surface area contributed by atoms with Crippen molar-refractivity contribution >= 4 is 5.91 Å². The summed E-state index contributed by atoms with van der Waals surface area (Å²) < 4.78 is 0. The molecule has 4 aliphatic carbocycles. The van der Waals surface area contributed by atoms with Crippen LogP contribution < -0.4 is 11.1 Å². The Morgan fingerprint density at radius 2 is 1.28 bits per heavy atom. The van der Waals surface area contributed by atoms with Crippen molar-refractivity contribution in [1.29, 1.82) is 0 Å². The van der Waals surface area contributed by atoms with Gasteiger partial charge in [0.05, 0.1) is 0 Å². The van der Waals surface area contributed by atoms with Crippen LogP contribution in [0.1, 0.15) is 96.3 Å². The zero-order valence-electron chi connectivity index (χ0n) is 16.2. The van der Waals surface area contributed by atoms with Gasteiger partial charge in [0, 0.05) is 13.0 Å². The molecule has 4 saturated carbocycles. The van der Waals surface area contributed by atoms with E-state index in [2.05, 4.69) is 5.32 Å². The Balaban J connectivity index is 1.22. The average Bonchev–Trinajstić information content (AvgIpc) is 2.55. The zero-order valence-corrected chi connectivity index (χ0v) is 16.2. The fourth-order valence-corrected chi connectivity index (χ4v) is 6.47. The number of carbonyl (C=O) groups excluding carboxylic acids is 1. The van der Waals surface area contributed by atoms with E-state index in [-0.39, 0.29) is 0 Å². The van der Waals surface area contributed by atoms with Crippen molar-refractivity contribution in [3.8, 4) is 0 Å². The predicted molar refractivity (Wildman–Crippen MR) is 104 cm³/mol. The lowest BCUT2D eigenvalue weighted by molar-refractivity contribution is -0.129. The Morgan fingerprint density at radius 1 is 0.800 bits per heavy atom. The zero-order chi connectivity index (χ0) is 17.5. The van der Waals surface area contributed by atoms with Gasteiger partial charge in [0.15, 0.2) is 0 Å². The maximum Gasteiger partial charge on any atom is 0.220 e. The summed E-state index contributed by atoms with van der Waals surface area (Å²) in [5, 5.41) is 3.22. The molecular weight excluding hydrogens is 308 g/mol. The summed E-state index contributed by atoms with van der Waals surface area (Å²) in [5.41, 5.74) is 5.90. The molecule has 0 radical (unpaired) electrons. The Hall–Kier alpha value is -0.570. The molecule has 0 aliphatic heterocycles. The number of carbonyl (C=O) groups is 1. The van der Waals surface area contributed by atoms with Crippen LogP contribution in [0.4, 0.5) is 0 Å². The standard InChI is InChI=1S/C22H40N2O/c23-9-7-5-3-1-2-4-6-8-10-24-21(25)17-22-14-18-11-19(15-22)13-20(12-18)16-22/h18-20H,1-17,23H2,(H,24,25). The Bertz CT molecular complexity index is 385. The number of rotatable bonds is 12. The van der Waals surface area contributed by atoms with E-state index in [9.17, 15) is 4.79 Å². The van der Waals surface area contributed by atoms with E-state index in [4.69, 9.17) is 5.73 Å². The van der Waals surface area contributed by atoms with Gasteiger partial charge in [-0.2, -0.15) is 0 Å². The van der Waals surface area contributed by atoms with Crippen molar-refractivity contribution in [2.24, 2.45) is 28.9 Å². The summed E-state index contributed by atoms with van der Waals surface area (Å²) in [6.07, 6.45) is 19.4. The Kier molecular flexibility index (Phi) is 7.21. The highest BCUT2D eigenvalue weighted by Crippen LogP contribution is 2.61. The summed E-state index contributed by atoms with van der Waals surface area (Å²) in [6, 6.07) is 0. The highest BCUT2D eigenvalue weighted by atomic mass is 16.1. The van der Waals surface area contributed by atoms with E-state index in [0.29, 0.717) is 11.3 Å². The molecule has 0 unspecified atom stereocenters. The Morgan fingerprint density at radius 3 is 1.80 bits per heavy atom. The van der Waals surface area contributed by atoms with Crippen LogP contribution in [0.5, 0.6) is 0 Å². The molecule has 0 heterocycles. The number of amides is 1. The minimum Gasteiger partial charge on any atom is -0.356 e. The van der Waals surface area contributed by atoms with Gasteiger partial charge in [-0.3, -0.25) is 4.79 Å². The molecule has 3 N–H and O–H groups in total. The van der Waals surface area contributed by atoms with E-state index in [1.54, 1.807) is 0 Å². The van der Waals surface area contributed by atoms with Crippen molar-refractivity contribution in [1.82, 2.24) is 5.32 Å². The number of hydrogen-bond acceptors (Lipinski definition) is 2. The minimum atomic E-state index is 0.337. The highest BCUT2D eigenvalue weighted by molar-refractivity contribution is 5.76. The molecule has 0 aromatic heterocycles. The van der Waals surface area contributed by atoms with Crippen LogP contribution in [0.2, 0.25) is 0 Å². The summed E-state index contributed by atoms with van der Waals surface area (Å²) in [5.74, 6) is 3.18. The van der Waals surface area contributed by atoms with Gasteiger partial charge in [0.2, 0.25) is 5.91 Å². The van der Waals surface area contributed by atoms with Gasteiger partial charge in [-0.25, -0.2) is 0 Å². The van der Waals surface area contributed by atoms with Crippen LogP contribution >= 0.6 is 0 Å². The first kappa shape index (κ1) is 19.2. The Labute approximate surface area is 154 Å². The molecule has 4 aliphatic rings. The van der Waals surface area contributed by atoms with Crippen LogP contribution in [0, 0.1) is 23.2 Å². The molecule has 25 heavy (non-hydrogen) atoms. The van der Waals surface area contributed by atoms with Gasteiger partial charge < -0.3 is 11.1 Å². The lowest BCUT2D eigenvalue weighted by Gasteiger charge is -2.56. The van der Waals surface area contributed by atoms with E-state index in [1.807, 2.05) is 0 Å². The molecule has 0 aromatic carbocycles. The molecule has 0 aromatic rings. The second kappa shape index (κ2) is 9.39. The van der Waals surface area contributed by atoms with Gasteiger partial charge in [-0.15, -0.1) is 0 Å². The third kappa shape index (κ3) is 5.70. The van der Waals surface area contributed by atoms with Gasteiger partial charge in [-0.1, -0.05) is 38.5 Å². The van der Waals surface area contributed by atoms with E-state index >= 15 is 0 Å². The fourth-order valence-electron chi connectivity index (χ4n) is 6.47. The summed E-state index contributed by atoms with van der Waals surface area (Å²) >= 11 is 0. The van der Waals surface area contributed by atoms with Gasteiger partial charge in [0.1, 0.15) is 0 Å². The number of hydrogen-bond donors (Lipinski definition) is 2. The molecule has 0 saturated heterocycles. The summed E-state index contributed by atoms with van der Waals surface area (Å²) in [4.78, 5) is 12.4. The molecule has 4 rings (SSSR count). The normalized spacial score (nSPS) is 32.9. The molecule has 0 spiro atoms.